The highest BCUT2D eigenvalue weighted by Gasteiger charge is 2.44. The first kappa shape index (κ1) is 78.0. The predicted octanol–water partition coefficient (Wildman–Crippen LogP) is 17.4. The largest absolute Gasteiger partial charge is 0.391 e. The van der Waals surface area contributed by atoms with Gasteiger partial charge in [0.15, 0.2) is 0 Å². The zero-order chi connectivity index (χ0) is 66.4. The van der Waals surface area contributed by atoms with Crippen LogP contribution in [-0.2, 0) is 36.4 Å². The second kappa shape index (κ2) is 39.2. The van der Waals surface area contributed by atoms with E-state index in [0.717, 1.165) is 72.7 Å². The fourth-order valence-corrected chi connectivity index (χ4v) is 10.4. The Balaban J connectivity index is 0.000000446. The normalized spacial score (nSPS) is 15.6. The molecule has 1 saturated heterocycles. The average molecular weight is 1250 g/mol. The number of nitrogens with one attached hydrogen (secondary N) is 2. The molecule has 2 aliphatic rings. The smallest absolute Gasteiger partial charge is 0.271 e. The lowest BCUT2D eigenvalue weighted by Crippen LogP contribution is -2.58. The number of β-amino-alcohol motifs (C(OH)–C–C–N with tert-alkyl or cyclic N) is 1. The number of Topliss-reactive ketones (excluding diaryl/α,β-unsaturated/α-hetero) is 1. The number of nitriles is 1. The van der Waals surface area contributed by atoms with Gasteiger partial charge in [0, 0.05) is 43.3 Å². The molecule has 1 aliphatic carbocycles. The molecule has 1 aliphatic heterocycles. The number of ether oxygens (including phenoxy) is 1. The van der Waals surface area contributed by atoms with Gasteiger partial charge in [-0.15, -0.1) is 11.3 Å². The summed E-state index contributed by atoms with van der Waals surface area (Å²) < 4.78 is 31.5. The van der Waals surface area contributed by atoms with Crippen LogP contribution >= 0.6 is 23.6 Å². The second-order valence-electron chi connectivity index (χ2n) is 24.9. The molecule has 3 N–H and O–H groups in total. The molecule has 1 aromatic heterocycles. The molecule has 7 rings (SSSR count). The Bertz CT molecular complexity index is 2870. The van der Waals surface area contributed by atoms with Crippen molar-refractivity contribution in [2.75, 3.05) is 13.2 Å². The van der Waals surface area contributed by atoms with E-state index in [1.807, 2.05) is 85.2 Å². The van der Waals surface area contributed by atoms with Crippen LogP contribution in [0.3, 0.4) is 0 Å². The zero-order valence-corrected chi connectivity index (χ0v) is 57.7. The number of thiazole rings is 1. The number of halogens is 2. The maximum absolute atomic E-state index is 13.7. The molecule has 5 aromatic rings. The Morgan fingerprint density at radius 3 is 1.81 bits per heavy atom. The minimum atomic E-state index is -2.95. The maximum Gasteiger partial charge on any atom is 0.271 e. The van der Waals surface area contributed by atoms with Gasteiger partial charge in [-0.3, -0.25) is 19.2 Å². The lowest BCUT2D eigenvalue weighted by molar-refractivity contribution is -0.145. The molecule has 11 nitrogen and oxygen atoms in total. The summed E-state index contributed by atoms with van der Waals surface area (Å²) in [4.78, 5) is 58.6. The molecule has 0 radical (unpaired) electrons. The van der Waals surface area contributed by atoms with Crippen LogP contribution in [0.15, 0.2) is 96.5 Å². The van der Waals surface area contributed by atoms with Crippen molar-refractivity contribution < 1.29 is 37.8 Å². The van der Waals surface area contributed by atoms with E-state index in [1.165, 1.54) is 65.0 Å². The number of rotatable bonds is 21. The lowest BCUT2D eigenvalue weighted by atomic mass is 9.71. The van der Waals surface area contributed by atoms with Gasteiger partial charge in [0.1, 0.15) is 24.5 Å². The summed E-state index contributed by atoms with van der Waals surface area (Å²) >= 11 is 6.37. The summed E-state index contributed by atoms with van der Waals surface area (Å²) in [5, 5.41) is 26.4. The first-order valence-corrected chi connectivity index (χ1v) is 33.0. The minimum absolute atomic E-state index is 0.0345. The third kappa shape index (κ3) is 26.6. The van der Waals surface area contributed by atoms with Crippen LogP contribution in [-0.4, -0.2) is 81.3 Å². The SMILES string of the molecule is C1CCC1.CC.CCC(C)C(C)(C)C(=O)[C@H](C)CCC=S.CCCC[C@@H](C)OCC(=O)NC(C(=O)N1C[C@H](O)C[C@H]1C(=O)NCc1ccc(-c2scnc2C)cc1)C(C)(C)C.Cc1ccc(-c2ccc(C)cc2)cc1.Cc1ccc(C#N)c(C(C)(F)F)c1. The first-order valence-electron chi connectivity index (χ1n) is 31.7. The van der Waals surface area contributed by atoms with Gasteiger partial charge in [-0.25, -0.2) is 13.8 Å². The molecular formula is C73H105F2N5O6S2. The molecule has 3 amide bonds. The van der Waals surface area contributed by atoms with Crippen molar-refractivity contribution in [1.82, 2.24) is 20.5 Å². The molecule has 1 saturated carbocycles. The molecule has 88 heavy (non-hydrogen) atoms. The van der Waals surface area contributed by atoms with Gasteiger partial charge in [-0.2, -0.15) is 5.26 Å². The van der Waals surface area contributed by atoms with E-state index in [9.17, 15) is 33.1 Å². The topological polar surface area (TPSA) is 162 Å². The Hall–Kier alpha value is -6.05. The van der Waals surface area contributed by atoms with Crippen LogP contribution in [0.4, 0.5) is 8.78 Å². The summed E-state index contributed by atoms with van der Waals surface area (Å²) in [5.74, 6) is -3.09. The summed E-state index contributed by atoms with van der Waals surface area (Å²) in [7, 11) is 0. The molecule has 2 unspecified atom stereocenters. The monoisotopic (exact) mass is 1250 g/mol. The van der Waals surface area contributed by atoms with Crippen LogP contribution in [0.2, 0.25) is 0 Å². The Morgan fingerprint density at radius 2 is 1.35 bits per heavy atom. The number of hydrogen-bond acceptors (Lipinski definition) is 10. The fraction of sp³-hybridized carbons (Fsp3) is 0.548. The number of likely N-dealkylation sites (tertiary alicyclic amines) is 1. The van der Waals surface area contributed by atoms with Crippen molar-refractivity contribution in [3.8, 4) is 27.6 Å². The van der Waals surface area contributed by atoms with E-state index in [0.29, 0.717) is 18.2 Å². The van der Waals surface area contributed by atoms with Crippen LogP contribution in [0.25, 0.3) is 21.6 Å². The van der Waals surface area contributed by atoms with Gasteiger partial charge in [0.05, 0.1) is 39.9 Å². The van der Waals surface area contributed by atoms with Gasteiger partial charge >= 0.3 is 0 Å². The minimum Gasteiger partial charge on any atom is -0.391 e. The predicted molar refractivity (Wildman–Crippen MR) is 364 cm³/mol. The number of thiocarbonyl (C=S) groups is 1. The molecule has 484 valence electrons. The molecule has 6 atom stereocenters. The maximum atomic E-state index is 13.7. The molecule has 0 spiro atoms. The van der Waals surface area contributed by atoms with Crippen LogP contribution in [0, 0.1) is 61.7 Å². The van der Waals surface area contributed by atoms with Gasteiger partial charge in [-0.05, 0) is 105 Å². The van der Waals surface area contributed by atoms with Crippen molar-refractivity contribution in [3.63, 3.8) is 0 Å². The van der Waals surface area contributed by atoms with Crippen molar-refractivity contribution in [2.24, 2.45) is 22.7 Å². The molecule has 15 heteroatoms. The Labute approximate surface area is 537 Å². The van der Waals surface area contributed by atoms with Crippen LogP contribution in [0.1, 0.15) is 200 Å². The number of benzene rings is 4. The Morgan fingerprint density at radius 1 is 0.818 bits per heavy atom. The molecule has 4 aromatic carbocycles. The highest BCUT2D eigenvalue weighted by atomic mass is 32.1. The zero-order valence-electron chi connectivity index (χ0n) is 56.1. The molecule has 2 fully saturated rings. The summed E-state index contributed by atoms with van der Waals surface area (Å²) in [6, 6.07) is 29.6. The summed E-state index contributed by atoms with van der Waals surface area (Å²) in [6.07, 6.45) is 11.0. The summed E-state index contributed by atoms with van der Waals surface area (Å²) in [6.45, 7) is 33.0. The number of carbonyl (C=O) groups is 4. The van der Waals surface area contributed by atoms with Crippen molar-refractivity contribution in [2.45, 2.75) is 225 Å². The second-order valence-corrected chi connectivity index (χ2v) is 26.1. The molecule has 0 bridgehead atoms. The number of alkyl halides is 2. The molecular weight excluding hydrogens is 1140 g/mol. The van der Waals surface area contributed by atoms with E-state index in [-0.39, 0.29) is 65.9 Å². The number of unbranched alkanes of at least 4 members (excludes halogenated alkanes) is 1. The van der Waals surface area contributed by atoms with Crippen molar-refractivity contribution >= 4 is 52.4 Å². The van der Waals surface area contributed by atoms with E-state index in [4.69, 9.17) is 22.2 Å². The number of nitrogens with zero attached hydrogens (tertiary/aromatic N) is 3. The number of hydrogen-bond donors (Lipinski definition) is 3. The quantitative estimate of drug-likeness (QED) is 0.0607. The third-order valence-electron chi connectivity index (χ3n) is 16.0. The number of aromatic nitrogens is 1. The number of amides is 3. The third-order valence-corrected chi connectivity index (χ3v) is 17.2. The number of aliphatic hydroxyl groups is 1. The number of ketones is 1. The first-order chi connectivity index (χ1) is 41.5. The number of aliphatic hydroxyl groups excluding tert-OH is 1. The lowest BCUT2D eigenvalue weighted by Gasteiger charge is -2.35. The van der Waals surface area contributed by atoms with Gasteiger partial charge < -0.3 is 25.4 Å². The highest BCUT2D eigenvalue weighted by Crippen LogP contribution is 2.35. The van der Waals surface area contributed by atoms with Gasteiger partial charge in [0.2, 0.25) is 17.7 Å². The van der Waals surface area contributed by atoms with Crippen LogP contribution in [0.5, 0.6) is 0 Å². The van der Waals surface area contributed by atoms with Crippen LogP contribution < -0.4 is 10.6 Å². The average Bonchev–Trinajstić information content (AvgIpc) is 2.73. The van der Waals surface area contributed by atoms with Gasteiger partial charge in [-0.1, -0.05) is 229 Å². The van der Waals surface area contributed by atoms with E-state index >= 15 is 0 Å². The standard InChI is InChI=1S/C30H44N4O5S.C14H14.C13H24OS.C10H9F2N.C4H8.C2H6/c1-7-8-9-19(2)39-17-25(36)33-27(30(4,5)6)29(38)34-16-23(35)14-24(34)28(37)31-15-21-10-12-22(13-11-21)26-20(3)32-18-40-26;1-11-3-7-13(8-4-11)14-9-5-12(2)6-10-14;1-6-11(3)13(4,5)12(14)10(2)8-7-9-15;1-7-3-4-8(6-13)9(5-7)10(2,11)12;1-2-4-3-1;1-2/h10-13,18-19,23-24,27,35H,7-9,14-17H2,1-6H3,(H,31,37)(H,33,36);3-10H,1-2H3;9-11H,6-8H2,1-5H3;3-5H,1-2H3;1-4H2;1-2H3/t19-,23-,24+,27?;;10-,11?;;;/m1.1.../s1. The summed E-state index contributed by atoms with van der Waals surface area (Å²) in [5.41, 5.74) is 9.74. The Kier molecular flexibility index (Phi) is 34.7. The molecule has 2 heterocycles. The van der Waals surface area contributed by atoms with E-state index in [2.05, 4.69) is 113 Å². The highest BCUT2D eigenvalue weighted by molar-refractivity contribution is 7.78. The van der Waals surface area contributed by atoms with Gasteiger partial charge in [0.25, 0.3) is 5.92 Å². The fourth-order valence-electron chi connectivity index (χ4n) is 9.47. The van der Waals surface area contributed by atoms with Crippen molar-refractivity contribution in [1.29, 1.82) is 5.26 Å². The number of carbonyl (C=O) groups excluding carboxylic acids is 4. The van der Waals surface area contributed by atoms with E-state index in [1.54, 1.807) is 35.8 Å². The van der Waals surface area contributed by atoms with Crippen molar-refractivity contribution in [3.05, 3.63) is 136 Å². The number of aryl methyl sites for hydroxylation is 4. The van der Waals surface area contributed by atoms with E-state index < -0.39 is 29.5 Å².